The smallest absolute Gasteiger partial charge is 0.327 e. The van der Waals surface area contributed by atoms with E-state index in [0.29, 0.717) is 21.3 Å². The van der Waals surface area contributed by atoms with Crippen LogP contribution < -0.4 is 15.5 Å². The molecule has 3 aromatic rings. The van der Waals surface area contributed by atoms with Crippen molar-refractivity contribution in [2.45, 2.75) is 39.0 Å². The van der Waals surface area contributed by atoms with Gasteiger partial charge >= 0.3 is 6.03 Å². The number of hydrogen-bond acceptors (Lipinski definition) is 5. The minimum atomic E-state index is -1.02. The lowest BCUT2D eigenvalue weighted by molar-refractivity contribution is 0.0646. The van der Waals surface area contributed by atoms with Crippen LogP contribution >= 0.6 is 23.2 Å². The Labute approximate surface area is 201 Å². The minimum absolute atomic E-state index is 0.113. The summed E-state index contributed by atoms with van der Waals surface area (Å²) < 4.78 is 13.5. The van der Waals surface area contributed by atoms with E-state index in [-0.39, 0.29) is 24.4 Å². The van der Waals surface area contributed by atoms with Crippen LogP contribution in [0.5, 0.6) is 0 Å². The monoisotopic (exact) mass is 491 g/mol. The number of aromatic nitrogens is 2. The maximum absolute atomic E-state index is 13.5. The summed E-state index contributed by atoms with van der Waals surface area (Å²) in [5, 5.41) is 16.7. The Kier molecular flexibility index (Phi) is 7.73. The quantitative estimate of drug-likeness (QED) is 0.403. The van der Waals surface area contributed by atoms with Crippen molar-refractivity contribution in [3.63, 3.8) is 0 Å². The zero-order valence-corrected chi connectivity index (χ0v) is 19.8. The molecule has 0 unspecified atom stereocenters. The SMILES string of the molecule is C[C@H](Nc1nccc(N(C(=O)NCc2cccc(Cl)c2Cl)c2ccc(F)cc2)n1)C(C)(C)O. The lowest BCUT2D eigenvalue weighted by atomic mass is 10.0. The number of urea groups is 1. The van der Waals surface area contributed by atoms with Gasteiger partial charge in [0.15, 0.2) is 0 Å². The number of nitrogens with one attached hydrogen (secondary N) is 2. The molecule has 0 radical (unpaired) electrons. The molecule has 0 aliphatic heterocycles. The van der Waals surface area contributed by atoms with Crippen molar-refractivity contribution in [3.05, 3.63) is 76.2 Å². The number of benzene rings is 2. The number of anilines is 3. The number of rotatable bonds is 7. The van der Waals surface area contributed by atoms with Gasteiger partial charge in [0.05, 0.1) is 27.4 Å². The molecule has 7 nitrogen and oxygen atoms in total. The molecule has 1 atom stereocenters. The molecule has 33 heavy (non-hydrogen) atoms. The summed E-state index contributed by atoms with van der Waals surface area (Å²) >= 11 is 12.3. The first-order valence-corrected chi connectivity index (χ1v) is 10.9. The molecule has 1 aromatic heterocycles. The molecule has 3 rings (SSSR count). The van der Waals surface area contributed by atoms with Crippen molar-refractivity contribution in [3.8, 4) is 0 Å². The average Bonchev–Trinajstić information content (AvgIpc) is 2.76. The van der Waals surface area contributed by atoms with E-state index in [1.165, 1.54) is 35.4 Å². The molecule has 2 amide bonds. The Hall–Kier alpha value is -2.94. The molecule has 0 bridgehead atoms. The van der Waals surface area contributed by atoms with Crippen molar-refractivity contribution >= 4 is 46.7 Å². The van der Waals surface area contributed by atoms with Crippen LogP contribution in [0, 0.1) is 5.82 Å². The molecule has 0 fully saturated rings. The third-order valence-corrected chi connectivity index (χ3v) is 5.88. The van der Waals surface area contributed by atoms with Crippen LogP contribution in [-0.4, -0.2) is 32.7 Å². The van der Waals surface area contributed by atoms with Crippen LogP contribution in [0.2, 0.25) is 10.0 Å². The van der Waals surface area contributed by atoms with Gasteiger partial charge < -0.3 is 15.7 Å². The Morgan fingerprint density at radius 3 is 2.55 bits per heavy atom. The van der Waals surface area contributed by atoms with Gasteiger partial charge in [-0.2, -0.15) is 4.98 Å². The number of halogens is 3. The van der Waals surface area contributed by atoms with Crippen molar-refractivity contribution in [2.75, 3.05) is 10.2 Å². The minimum Gasteiger partial charge on any atom is -0.388 e. The van der Waals surface area contributed by atoms with Gasteiger partial charge in [-0.15, -0.1) is 0 Å². The highest BCUT2D eigenvalue weighted by Crippen LogP contribution is 2.27. The van der Waals surface area contributed by atoms with E-state index in [0.717, 1.165) is 0 Å². The molecule has 0 saturated heterocycles. The van der Waals surface area contributed by atoms with Crippen molar-refractivity contribution in [1.29, 1.82) is 0 Å². The number of carbonyl (C=O) groups is 1. The highest BCUT2D eigenvalue weighted by atomic mass is 35.5. The van der Waals surface area contributed by atoms with E-state index in [9.17, 15) is 14.3 Å². The van der Waals surface area contributed by atoms with Crippen LogP contribution in [0.15, 0.2) is 54.7 Å². The predicted molar refractivity (Wildman–Crippen MR) is 129 cm³/mol. The topological polar surface area (TPSA) is 90.4 Å². The fourth-order valence-corrected chi connectivity index (χ4v) is 3.18. The molecule has 2 aromatic carbocycles. The predicted octanol–water partition coefficient (Wildman–Crippen LogP) is 5.54. The number of carbonyl (C=O) groups excluding carboxylic acids is 1. The summed E-state index contributed by atoms with van der Waals surface area (Å²) in [6.07, 6.45) is 1.49. The summed E-state index contributed by atoms with van der Waals surface area (Å²) in [4.78, 5) is 23.1. The number of hydrogen-bond donors (Lipinski definition) is 3. The van der Waals surface area contributed by atoms with Crippen LogP contribution in [0.1, 0.15) is 26.3 Å². The first kappa shape index (κ1) is 24.7. The van der Waals surface area contributed by atoms with E-state index in [1.54, 1.807) is 45.0 Å². The largest absolute Gasteiger partial charge is 0.388 e. The van der Waals surface area contributed by atoms with Gasteiger partial charge in [0.1, 0.15) is 11.6 Å². The second-order valence-corrected chi connectivity index (χ2v) is 8.73. The third kappa shape index (κ3) is 6.31. The van der Waals surface area contributed by atoms with E-state index in [1.807, 2.05) is 0 Å². The molecule has 0 aliphatic rings. The first-order chi connectivity index (χ1) is 15.6. The zero-order chi connectivity index (χ0) is 24.2. The van der Waals surface area contributed by atoms with E-state index < -0.39 is 17.4 Å². The number of nitrogens with zero attached hydrogens (tertiary/aromatic N) is 3. The second-order valence-electron chi connectivity index (χ2n) is 7.94. The number of amides is 2. The summed E-state index contributed by atoms with van der Waals surface area (Å²) in [6, 6.07) is 11.2. The maximum atomic E-state index is 13.5. The second kappa shape index (κ2) is 10.3. The molecular weight excluding hydrogens is 468 g/mol. The van der Waals surface area contributed by atoms with Gasteiger partial charge in [-0.25, -0.2) is 19.1 Å². The maximum Gasteiger partial charge on any atom is 0.327 e. The molecule has 0 saturated carbocycles. The molecular formula is C23H24Cl2FN5O2. The zero-order valence-electron chi connectivity index (χ0n) is 18.3. The molecule has 10 heteroatoms. The van der Waals surface area contributed by atoms with Gasteiger partial charge in [-0.05, 0) is 56.7 Å². The van der Waals surface area contributed by atoms with Crippen molar-refractivity contribution in [2.24, 2.45) is 0 Å². The van der Waals surface area contributed by atoms with E-state index >= 15 is 0 Å². The van der Waals surface area contributed by atoms with Crippen molar-refractivity contribution < 1.29 is 14.3 Å². The van der Waals surface area contributed by atoms with Gasteiger partial charge in [0.25, 0.3) is 0 Å². The van der Waals surface area contributed by atoms with Crippen LogP contribution in [0.3, 0.4) is 0 Å². The van der Waals surface area contributed by atoms with Crippen LogP contribution in [0.4, 0.5) is 26.6 Å². The molecule has 0 aliphatic carbocycles. The standard InChI is InChI=1S/C23H24Cl2FN5O2/c1-14(23(2,3)33)29-21-27-12-11-19(30-21)31(17-9-7-16(26)8-10-17)22(32)28-13-15-5-4-6-18(24)20(15)25/h4-12,14,33H,13H2,1-3H3,(H,28,32)(H,27,29,30)/t14-/m0/s1. The summed E-state index contributed by atoms with van der Waals surface area (Å²) in [5.74, 6) is 0.0329. The molecule has 1 heterocycles. The highest BCUT2D eigenvalue weighted by Gasteiger charge is 2.24. The van der Waals surface area contributed by atoms with Gasteiger partial charge in [-0.1, -0.05) is 35.3 Å². The summed E-state index contributed by atoms with van der Waals surface area (Å²) in [6.45, 7) is 5.22. The van der Waals surface area contributed by atoms with Crippen LogP contribution in [0.25, 0.3) is 0 Å². The van der Waals surface area contributed by atoms with Crippen LogP contribution in [-0.2, 0) is 6.54 Å². The summed E-state index contributed by atoms with van der Waals surface area (Å²) in [7, 11) is 0. The number of aliphatic hydroxyl groups is 1. The average molecular weight is 492 g/mol. The van der Waals surface area contributed by atoms with Gasteiger partial charge in [0, 0.05) is 18.8 Å². The fourth-order valence-electron chi connectivity index (χ4n) is 2.79. The van der Waals surface area contributed by atoms with Crippen molar-refractivity contribution in [1.82, 2.24) is 15.3 Å². The van der Waals surface area contributed by atoms with E-state index in [2.05, 4.69) is 20.6 Å². The Morgan fingerprint density at radius 2 is 1.88 bits per heavy atom. The lowest BCUT2D eigenvalue weighted by Gasteiger charge is -2.27. The van der Waals surface area contributed by atoms with E-state index in [4.69, 9.17) is 23.2 Å². The normalized spacial score (nSPS) is 12.2. The Balaban J connectivity index is 1.90. The first-order valence-electron chi connectivity index (χ1n) is 10.1. The fraction of sp³-hybridized carbons (Fsp3) is 0.261. The molecule has 3 N–H and O–H groups in total. The third-order valence-electron chi connectivity index (χ3n) is 5.02. The highest BCUT2D eigenvalue weighted by molar-refractivity contribution is 6.42. The molecule has 0 spiro atoms. The van der Waals surface area contributed by atoms with Gasteiger partial charge in [0.2, 0.25) is 5.95 Å². The Morgan fingerprint density at radius 1 is 1.18 bits per heavy atom. The Bertz CT molecular complexity index is 1120. The van der Waals surface area contributed by atoms with Gasteiger partial charge in [-0.3, -0.25) is 0 Å². The molecule has 174 valence electrons. The lowest BCUT2D eigenvalue weighted by Crippen LogP contribution is -2.40. The summed E-state index contributed by atoms with van der Waals surface area (Å²) in [5.41, 5.74) is 0.00997.